The Morgan fingerprint density at radius 3 is 2.45 bits per heavy atom. The molecule has 0 fully saturated rings. The fourth-order valence-electron chi connectivity index (χ4n) is 2.58. The Morgan fingerprint density at radius 1 is 1.00 bits per heavy atom. The van der Waals surface area contributed by atoms with Gasteiger partial charge < -0.3 is 9.67 Å². The van der Waals surface area contributed by atoms with Crippen molar-refractivity contribution in [1.82, 2.24) is 9.99 Å². The van der Waals surface area contributed by atoms with Gasteiger partial charge in [-0.15, -0.1) is 0 Å². The van der Waals surface area contributed by atoms with E-state index in [0.29, 0.717) is 11.4 Å². The summed E-state index contributed by atoms with van der Waals surface area (Å²) in [6.07, 6.45) is -1.57. The molecular weight excluding hydrogens is 387 g/mol. The first-order chi connectivity index (χ1) is 13.8. The first-order valence-corrected chi connectivity index (χ1v) is 8.27. The molecule has 148 valence electrons. The molecule has 0 bridgehead atoms. The van der Waals surface area contributed by atoms with Crippen LogP contribution in [0, 0.1) is 0 Å². The molecule has 9 heteroatoms. The summed E-state index contributed by atoms with van der Waals surface area (Å²) in [5, 5.41) is 12.9. The lowest BCUT2D eigenvalue weighted by Gasteiger charge is -2.08. The van der Waals surface area contributed by atoms with Gasteiger partial charge in [-0.05, 0) is 48.5 Å². The van der Waals surface area contributed by atoms with Crippen molar-refractivity contribution in [3.8, 4) is 5.69 Å². The van der Waals surface area contributed by atoms with Crippen LogP contribution in [0.1, 0.15) is 32.0 Å². The summed E-state index contributed by atoms with van der Waals surface area (Å²) >= 11 is 0. The van der Waals surface area contributed by atoms with E-state index in [9.17, 15) is 22.8 Å². The fourth-order valence-corrected chi connectivity index (χ4v) is 2.58. The van der Waals surface area contributed by atoms with Crippen molar-refractivity contribution in [3.05, 3.63) is 89.2 Å². The second-order valence-corrected chi connectivity index (χ2v) is 5.94. The first-order valence-electron chi connectivity index (χ1n) is 8.27. The number of carboxylic acid groups (broad SMARTS) is 1. The molecular formula is C20H14F3N3O3. The van der Waals surface area contributed by atoms with Crippen molar-refractivity contribution >= 4 is 18.1 Å². The first kappa shape index (κ1) is 19.9. The number of hydrazone groups is 1. The maximum atomic E-state index is 12.8. The normalized spacial score (nSPS) is 11.6. The van der Waals surface area contributed by atoms with E-state index in [1.165, 1.54) is 24.4 Å². The molecule has 1 amide bonds. The molecule has 2 N–H and O–H groups in total. The zero-order valence-corrected chi connectivity index (χ0v) is 14.7. The summed E-state index contributed by atoms with van der Waals surface area (Å²) < 4.78 is 39.9. The molecule has 29 heavy (non-hydrogen) atoms. The van der Waals surface area contributed by atoms with Crippen molar-refractivity contribution in [2.75, 3.05) is 0 Å². The minimum absolute atomic E-state index is 0.108. The third-order valence-electron chi connectivity index (χ3n) is 3.97. The van der Waals surface area contributed by atoms with E-state index in [1.54, 1.807) is 35.0 Å². The summed E-state index contributed by atoms with van der Waals surface area (Å²) in [4.78, 5) is 23.2. The number of halogens is 3. The second kappa shape index (κ2) is 8.01. The number of amides is 1. The number of aromatic carboxylic acids is 1. The highest BCUT2D eigenvalue weighted by molar-refractivity contribution is 5.95. The molecule has 2 aromatic carbocycles. The van der Waals surface area contributed by atoms with Crippen molar-refractivity contribution in [3.63, 3.8) is 0 Å². The Kier molecular flexibility index (Phi) is 5.49. The highest BCUT2D eigenvalue weighted by Crippen LogP contribution is 2.29. The number of hydrogen-bond acceptors (Lipinski definition) is 3. The summed E-state index contributed by atoms with van der Waals surface area (Å²) in [5.74, 6) is -1.86. The van der Waals surface area contributed by atoms with Gasteiger partial charge in [0.25, 0.3) is 5.91 Å². The highest BCUT2D eigenvalue weighted by atomic mass is 19.4. The fraction of sp³-hybridized carbons (Fsp3) is 0.0500. The molecule has 0 aliphatic rings. The minimum Gasteiger partial charge on any atom is -0.478 e. The zero-order valence-electron chi connectivity index (χ0n) is 14.7. The number of nitrogens with zero attached hydrogens (tertiary/aromatic N) is 2. The molecule has 0 aliphatic carbocycles. The van der Waals surface area contributed by atoms with Crippen molar-refractivity contribution in [1.29, 1.82) is 0 Å². The number of rotatable bonds is 5. The SMILES string of the molecule is O=C(O)c1cccc(-n2cccc2/C=N\NC(=O)c2cccc(C(F)(F)F)c2)c1. The maximum absolute atomic E-state index is 12.8. The van der Waals surface area contributed by atoms with Crippen LogP contribution in [0.15, 0.2) is 72.0 Å². The summed E-state index contributed by atoms with van der Waals surface area (Å²) in [6, 6.07) is 13.6. The Labute approximate surface area is 162 Å². The Morgan fingerprint density at radius 2 is 1.72 bits per heavy atom. The van der Waals surface area contributed by atoms with E-state index in [-0.39, 0.29) is 11.1 Å². The number of alkyl halides is 3. The van der Waals surface area contributed by atoms with Gasteiger partial charge in [0.05, 0.1) is 23.0 Å². The van der Waals surface area contributed by atoms with Gasteiger partial charge >= 0.3 is 12.1 Å². The predicted octanol–water partition coefficient (Wildman–Crippen LogP) is 3.96. The van der Waals surface area contributed by atoms with Gasteiger partial charge in [-0.3, -0.25) is 4.79 Å². The molecule has 0 radical (unpaired) electrons. The molecule has 6 nitrogen and oxygen atoms in total. The molecule has 0 saturated heterocycles. The molecule has 1 aromatic heterocycles. The predicted molar refractivity (Wildman–Crippen MR) is 99.2 cm³/mol. The largest absolute Gasteiger partial charge is 0.478 e. The lowest BCUT2D eigenvalue weighted by Crippen LogP contribution is -2.18. The van der Waals surface area contributed by atoms with Gasteiger partial charge in [-0.1, -0.05) is 12.1 Å². The van der Waals surface area contributed by atoms with Crippen LogP contribution in [0.2, 0.25) is 0 Å². The summed E-state index contributed by atoms with van der Waals surface area (Å²) in [6.45, 7) is 0. The third kappa shape index (κ3) is 4.70. The number of nitrogens with one attached hydrogen (secondary N) is 1. The topological polar surface area (TPSA) is 83.7 Å². The van der Waals surface area contributed by atoms with E-state index in [0.717, 1.165) is 18.2 Å². The standard InChI is InChI=1S/C20H14F3N3O3/c21-20(22,23)15-6-1-4-13(10-15)18(27)25-24-12-17-8-3-9-26(17)16-7-2-5-14(11-16)19(28)29/h1-12H,(H,25,27)(H,28,29)/b24-12-. The zero-order chi connectivity index (χ0) is 21.0. The van der Waals surface area contributed by atoms with E-state index < -0.39 is 23.6 Å². The van der Waals surface area contributed by atoms with Crippen LogP contribution < -0.4 is 5.43 Å². The van der Waals surface area contributed by atoms with Gasteiger partial charge in [0.15, 0.2) is 0 Å². The van der Waals surface area contributed by atoms with Gasteiger partial charge in [0, 0.05) is 17.4 Å². The molecule has 3 aromatic rings. The average molecular weight is 401 g/mol. The van der Waals surface area contributed by atoms with Crippen molar-refractivity contribution in [2.45, 2.75) is 6.18 Å². The average Bonchev–Trinajstić information content (AvgIpc) is 3.16. The van der Waals surface area contributed by atoms with E-state index >= 15 is 0 Å². The number of benzene rings is 2. The highest BCUT2D eigenvalue weighted by Gasteiger charge is 2.30. The molecule has 0 spiro atoms. The van der Waals surface area contributed by atoms with E-state index in [1.807, 2.05) is 0 Å². The van der Waals surface area contributed by atoms with E-state index in [2.05, 4.69) is 10.5 Å². The van der Waals surface area contributed by atoms with Crippen molar-refractivity contribution < 1.29 is 27.9 Å². The number of carboxylic acids is 1. The van der Waals surface area contributed by atoms with Gasteiger partial charge in [-0.2, -0.15) is 18.3 Å². The lowest BCUT2D eigenvalue weighted by atomic mass is 10.1. The monoisotopic (exact) mass is 401 g/mol. The maximum Gasteiger partial charge on any atom is 0.416 e. The number of aromatic nitrogens is 1. The molecule has 0 unspecified atom stereocenters. The van der Waals surface area contributed by atoms with Crippen LogP contribution in [-0.4, -0.2) is 27.8 Å². The van der Waals surface area contributed by atoms with Gasteiger partial charge in [-0.25, -0.2) is 10.2 Å². The smallest absolute Gasteiger partial charge is 0.416 e. The van der Waals surface area contributed by atoms with Crippen LogP contribution in [-0.2, 0) is 6.18 Å². The van der Waals surface area contributed by atoms with Crippen LogP contribution in [0.4, 0.5) is 13.2 Å². The molecule has 0 saturated carbocycles. The summed E-state index contributed by atoms with van der Waals surface area (Å²) in [7, 11) is 0. The molecule has 0 atom stereocenters. The van der Waals surface area contributed by atoms with Gasteiger partial charge in [0.1, 0.15) is 0 Å². The second-order valence-electron chi connectivity index (χ2n) is 5.94. The Balaban J connectivity index is 1.76. The van der Waals surface area contributed by atoms with Gasteiger partial charge in [0.2, 0.25) is 0 Å². The number of hydrogen-bond donors (Lipinski definition) is 2. The molecule has 0 aliphatic heterocycles. The van der Waals surface area contributed by atoms with E-state index in [4.69, 9.17) is 5.11 Å². The quantitative estimate of drug-likeness (QED) is 0.502. The Hall–Kier alpha value is -3.88. The lowest BCUT2D eigenvalue weighted by molar-refractivity contribution is -0.137. The number of carbonyl (C=O) groups is 2. The van der Waals surface area contributed by atoms with Crippen LogP contribution in [0.3, 0.4) is 0 Å². The minimum atomic E-state index is -4.55. The number of carbonyl (C=O) groups excluding carboxylic acids is 1. The Bertz CT molecular complexity index is 1090. The third-order valence-corrected chi connectivity index (χ3v) is 3.97. The van der Waals surface area contributed by atoms with Crippen molar-refractivity contribution in [2.24, 2.45) is 5.10 Å². The summed E-state index contributed by atoms with van der Waals surface area (Å²) in [5.41, 5.74) is 2.27. The molecule has 3 rings (SSSR count). The van der Waals surface area contributed by atoms with Crippen LogP contribution in [0.5, 0.6) is 0 Å². The van der Waals surface area contributed by atoms with Crippen LogP contribution >= 0.6 is 0 Å². The van der Waals surface area contributed by atoms with Crippen LogP contribution in [0.25, 0.3) is 5.69 Å². The molecule has 1 heterocycles.